The van der Waals surface area contributed by atoms with Crippen LogP contribution in [0.1, 0.15) is 50.7 Å². The van der Waals surface area contributed by atoms with E-state index in [4.69, 9.17) is 0 Å². The van der Waals surface area contributed by atoms with Crippen molar-refractivity contribution in [3.8, 4) is 0 Å². The summed E-state index contributed by atoms with van der Waals surface area (Å²) in [5.41, 5.74) is -1.91. The predicted octanol–water partition coefficient (Wildman–Crippen LogP) is 6.89. The summed E-state index contributed by atoms with van der Waals surface area (Å²) in [6, 6.07) is 0.530. The zero-order valence-corrected chi connectivity index (χ0v) is 23.0. The fraction of sp³-hybridized carbons (Fsp3) is 0.621. The van der Waals surface area contributed by atoms with Gasteiger partial charge >= 0.3 is 18.4 Å². The van der Waals surface area contributed by atoms with Crippen molar-refractivity contribution in [1.82, 2.24) is 14.7 Å². The van der Waals surface area contributed by atoms with Gasteiger partial charge < -0.3 is 15.1 Å². The van der Waals surface area contributed by atoms with E-state index in [9.17, 15) is 31.1 Å². The van der Waals surface area contributed by atoms with Crippen LogP contribution in [0.15, 0.2) is 42.0 Å². The van der Waals surface area contributed by atoms with Crippen LogP contribution in [0.2, 0.25) is 0 Å². The quantitative estimate of drug-likeness (QED) is 0.286. The molecular formula is C29H38F6N4O. The summed E-state index contributed by atoms with van der Waals surface area (Å²) in [5, 5.41) is 2.22. The SMILES string of the molecule is CC(C)C=CCC1=CCC(CN2CCN(C3CN(C(=O)Nc4cc(C(F)(F)F)cc(C(F)(F)F)c4)C3)CC2)CC1. The summed E-state index contributed by atoms with van der Waals surface area (Å²) >= 11 is 0. The second-order valence-electron chi connectivity index (χ2n) is 11.5. The molecule has 1 aliphatic carbocycles. The molecule has 2 heterocycles. The van der Waals surface area contributed by atoms with Gasteiger partial charge in [0.15, 0.2) is 0 Å². The Balaban J connectivity index is 1.20. The van der Waals surface area contributed by atoms with Gasteiger partial charge in [0.1, 0.15) is 0 Å². The molecule has 1 aromatic rings. The zero-order valence-electron chi connectivity index (χ0n) is 23.0. The lowest BCUT2D eigenvalue weighted by Gasteiger charge is -2.48. The zero-order chi connectivity index (χ0) is 29.1. The Bertz CT molecular complexity index is 1050. The first-order valence-electron chi connectivity index (χ1n) is 13.9. The van der Waals surface area contributed by atoms with Gasteiger partial charge in [-0.15, -0.1) is 0 Å². The largest absolute Gasteiger partial charge is 0.416 e. The molecule has 11 heteroatoms. The number of urea groups is 1. The molecule has 1 atom stereocenters. The van der Waals surface area contributed by atoms with E-state index >= 15 is 0 Å². The highest BCUT2D eigenvalue weighted by Crippen LogP contribution is 2.37. The van der Waals surface area contributed by atoms with Gasteiger partial charge in [-0.3, -0.25) is 4.90 Å². The van der Waals surface area contributed by atoms with Crippen molar-refractivity contribution in [2.24, 2.45) is 11.8 Å². The minimum Gasteiger partial charge on any atom is -0.321 e. The molecule has 3 aliphatic rings. The molecule has 222 valence electrons. The number of likely N-dealkylation sites (tertiary alicyclic amines) is 1. The van der Waals surface area contributed by atoms with Crippen LogP contribution < -0.4 is 5.32 Å². The van der Waals surface area contributed by atoms with Gasteiger partial charge in [-0.05, 0) is 55.7 Å². The maximum atomic E-state index is 13.1. The fourth-order valence-corrected chi connectivity index (χ4v) is 5.54. The molecule has 4 rings (SSSR count). The number of carbonyl (C=O) groups is 1. The van der Waals surface area contributed by atoms with E-state index < -0.39 is 35.2 Å². The molecule has 0 saturated carbocycles. The molecule has 1 aromatic carbocycles. The van der Waals surface area contributed by atoms with Crippen LogP contribution in [0.4, 0.5) is 36.8 Å². The van der Waals surface area contributed by atoms with Crippen LogP contribution in [0, 0.1) is 11.8 Å². The summed E-state index contributed by atoms with van der Waals surface area (Å²) in [6.07, 6.45) is 1.54. The van der Waals surface area contributed by atoms with Crippen LogP contribution >= 0.6 is 0 Å². The normalized spacial score (nSPS) is 22.1. The molecule has 2 fully saturated rings. The van der Waals surface area contributed by atoms with Crippen molar-refractivity contribution in [3.05, 3.63) is 53.1 Å². The number of amides is 2. The van der Waals surface area contributed by atoms with Crippen molar-refractivity contribution in [3.63, 3.8) is 0 Å². The molecule has 5 nitrogen and oxygen atoms in total. The Labute approximate surface area is 231 Å². The van der Waals surface area contributed by atoms with Crippen LogP contribution in [0.5, 0.6) is 0 Å². The number of nitrogens with one attached hydrogen (secondary N) is 1. The van der Waals surface area contributed by atoms with E-state index in [0.717, 1.165) is 52.0 Å². The summed E-state index contributed by atoms with van der Waals surface area (Å²) in [7, 11) is 0. The van der Waals surface area contributed by atoms with E-state index in [2.05, 4.69) is 47.2 Å². The van der Waals surface area contributed by atoms with Crippen molar-refractivity contribution >= 4 is 11.7 Å². The van der Waals surface area contributed by atoms with Crippen LogP contribution in [-0.4, -0.2) is 72.6 Å². The second kappa shape index (κ2) is 12.5. The third-order valence-electron chi connectivity index (χ3n) is 7.94. The Morgan fingerprint density at radius 1 is 1.00 bits per heavy atom. The highest BCUT2D eigenvalue weighted by atomic mass is 19.4. The summed E-state index contributed by atoms with van der Waals surface area (Å²) in [6.45, 7) is 9.85. The third kappa shape index (κ3) is 8.25. The number of piperazine rings is 1. The number of anilines is 1. The molecule has 2 amide bonds. The number of allylic oxidation sites excluding steroid dienone is 4. The number of alkyl halides is 6. The smallest absolute Gasteiger partial charge is 0.321 e. The first-order valence-corrected chi connectivity index (χ1v) is 13.9. The summed E-state index contributed by atoms with van der Waals surface area (Å²) in [5.74, 6) is 1.25. The van der Waals surface area contributed by atoms with E-state index in [1.807, 2.05) is 0 Å². The Morgan fingerprint density at radius 2 is 1.62 bits per heavy atom. The average Bonchev–Trinajstić information content (AvgIpc) is 2.84. The topological polar surface area (TPSA) is 38.8 Å². The molecule has 0 aromatic heterocycles. The summed E-state index contributed by atoms with van der Waals surface area (Å²) < 4.78 is 78.6. The third-order valence-corrected chi connectivity index (χ3v) is 7.94. The Kier molecular flexibility index (Phi) is 9.55. The van der Waals surface area contributed by atoms with E-state index in [-0.39, 0.29) is 12.1 Å². The van der Waals surface area contributed by atoms with Gasteiger partial charge in [0.2, 0.25) is 0 Å². The lowest BCUT2D eigenvalue weighted by Crippen LogP contribution is -2.64. The molecule has 2 saturated heterocycles. The molecule has 1 N–H and O–H groups in total. The first-order chi connectivity index (χ1) is 18.8. The van der Waals surface area contributed by atoms with Crippen molar-refractivity contribution < 1.29 is 31.1 Å². The molecular weight excluding hydrogens is 534 g/mol. The highest BCUT2D eigenvalue weighted by molar-refractivity contribution is 5.90. The molecule has 0 bridgehead atoms. The lowest BCUT2D eigenvalue weighted by atomic mass is 9.87. The highest BCUT2D eigenvalue weighted by Gasteiger charge is 2.39. The fourth-order valence-electron chi connectivity index (χ4n) is 5.54. The molecule has 40 heavy (non-hydrogen) atoms. The second-order valence-corrected chi connectivity index (χ2v) is 11.5. The number of carbonyl (C=O) groups excluding carboxylic acids is 1. The van der Waals surface area contributed by atoms with Gasteiger partial charge in [0.25, 0.3) is 0 Å². The van der Waals surface area contributed by atoms with Crippen LogP contribution in [0.3, 0.4) is 0 Å². The van der Waals surface area contributed by atoms with Gasteiger partial charge in [-0.25, -0.2) is 4.79 Å². The summed E-state index contributed by atoms with van der Waals surface area (Å²) in [4.78, 5) is 18.8. The van der Waals surface area contributed by atoms with Crippen LogP contribution in [-0.2, 0) is 12.4 Å². The van der Waals surface area contributed by atoms with E-state index in [1.54, 1.807) is 0 Å². The van der Waals surface area contributed by atoms with Gasteiger partial charge in [0, 0.05) is 57.5 Å². The Morgan fingerprint density at radius 3 is 2.15 bits per heavy atom. The average molecular weight is 573 g/mol. The van der Waals surface area contributed by atoms with Crippen LogP contribution in [0.25, 0.3) is 0 Å². The standard InChI is InChI=1S/C29H38F6N4O/c1-20(2)4-3-5-21-6-8-22(9-7-21)17-37-10-12-38(13-11-37)26-18-39(19-26)27(40)36-25-15-23(28(30,31)32)14-24(16-25)29(33,34)35/h3-4,6,14-16,20,22,26H,5,7-13,17-19H2,1-2H3,(H,36,40). The van der Waals surface area contributed by atoms with E-state index in [1.165, 1.54) is 16.9 Å². The Hall–Kier alpha value is -2.53. The molecule has 0 spiro atoms. The van der Waals surface area contributed by atoms with Crippen molar-refractivity contribution in [1.29, 1.82) is 0 Å². The van der Waals surface area contributed by atoms with Crippen molar-refractivity contribution in [2.75, 3.05) is 51.1 Å². The predicted molar refractivity (Wildman–Crippen MR) is 143 cm³/mol. The van der Waals surface area contributed by atoms with Gasteiger partial charge in [0.05, 0.1) is 11.1 Å². The van der Waals surface area contributed by atoms with Crippen molar-refractivity contribution in [2.45, 2.75) is 57.9 Å². The van der Waals surface area contributed by atoms with Gasteiger partial charge in [-0.1, -0.05) is 37.6 Å². The lowest BCUT2D eigenvalue weighted by molar-refractivity contribution is -0.143. The number of nitrogens with zero attached hydrogens (tertiary/aromatic N) is 3. The minimum atomic E-state index is -4.97. The molecule has 2 aliphatic heterocycles. The van der Waals surface area contributed by atoms with Gasteiger partial charge in [-0.2, -0.15) is 26.3 Å². The minimum absolute atomic E-state index is 0.0454. The number of rotatable bonds is 7. The molecule has 0 radical (unpaired) electrons. The first kappa shape index (κ1) is 30.4. The van der Waals surface area contributed by atoms with E-state index in [0.29, 0.717) is 37.1 Å². The molecule has 1 unspecified atom stereocenters. The number of hydrogen-bond acceptors (Lipinski definition) is 3. The number of hydrogen-bond donors (Lipinski definition) is 1. The number of benzene rings is 1. The monoisotopic (exact) mass is 572 g/mol. The number of halogens is 6. The maximum Gasteiger partial charge on any atom is 0.416 e. The maximum absolute atomic E-state index is 13.1.